The molecule has 1 atom stereocenters. The van der Waals surface area contributed by atoms with Gasteiger partial charge in [-0.15, -0.1) is 0 Å². The molecule has 0 aromatic heterocycles. The molecule has 1 N–H and O–H groups in total. The summed E-state index contributed by atoms with van der Waals surface area (Å²) in [6.45, 7) is 9.02. The van der Waals surface area contributed by atoms with Crippen LogP contribution in [0.5, 0.6) is 0 Å². The van der Waals surface area contributed by atoms with Gasteiger partial charge in [0.1, 0.15) is 0 Å². The van der Waals surface area contributed by atoms with Gasteiger partial charge in [-0.25, -0.2) is 8.78 Å². The van der Waals surface area contributed by atoms with Crippen LogP contribution in [0.4, 0.5) is 8.78 Å². The highest BCUT2D eigenvalue weighted by Crippen LogP contribution is 2.20. The molecule has 27 heavy (non-hydrogen) atoms. The van der Waals surface area contributed by atoms with Crippen LogP contribution in [0.1, 0.15) is 38.2 Å². The second-order valence-electron chi connectivity index (χ2n) is 7.66. The van der Waals surface area contributed by atoms with E-state index in [2.05, 4.69) is 27.0 Å². The minimum absolute atomic E-state index is 0.388. The lowest BCUT2D eigenvalue weighted by Gasteiger charge is -2.29. The van der Waals surface area contributed by atoms with Crippen LogP contribution in [-0.4, -0.2) is 61.6 Å². The fourth-order valence-corrected chi connectivity index (χ4v) is 4.13. The third-order valence-electron chi connectivity index (χ3n) is 5.56. The molecule has 150 valence electrons. The lowest BCUT2D eigenvalue weighted by molar-refractivity contribution is 0.198. The summed E-state index contributed by atoms with van der Waals surface area (Å²) < 4.78 is 27.1. The summed E-state index contributed by atoms with van der Waals surface area (Å²) in [6.07, 6.45) is 5.63. The Labute approximate surface area is 161 Å². The van der Waals surface area contributed by atoms with E-state index in [1.807, 2.05) is 0 Å². The summed E-state index contributed by atoms with van der Waals surface area (Å²) in [4.78, 5) is 9.60. The Morgan fingerprint density at radius 3 is 2.78 bits per heavy atom. The topological polar surface area (TPSA) is 30.9 Å². The van der Waals surface area contributed by atoms with Crippen LogP contribution < -0.4 is 5.32 Å². The third kappa shape index (κ3) is 5.64. The van der Waals surface area contributed by atoms with Gasteiger partial charge in [0.05, 0.1) is 0 Å². The first kappa shape index (κ1) is 20.1. The summed E-state index contributed by atoms with van der Waals surface area (Å²) in [5, 5.41) is 3.36. The van der Waals surface area contributed by atoms with Gasteiger partial charge in [-0.05, 0) is 63.2 Å². The van der Waals surface area contributed by atoms with E-state index in [1.165, 1.54) is 45.3 Å². The summed E-state index contributed by atoms with van der Waals surface area (Å²) in [7, 11) is 0. The minimum atomic E-state index is -0.788. The molecule has 2 heterocycles. The molecule has 2 fully saturated rings. The number of hydrogen-bond acceptors (Lipinski definition) is 2. The van der Waals surface area contributed by atoms with E-state index < -0.39 is 11.6 Å². The highest BCUT2D eigenvalue weighted by molar-refractivity contribution is 5.80. The van der Waals surface area contributed by atoms with E-state index >= 15 is 0 Å². The summed E-state index contributed by atoms with van der Waals surface area (Å²) >= 11 is 0. The normalized spacial score (nSPS) is 21.7. The van der Waals surface area contributed by atoms with Crippen LogP contribution >= 0.6 is 0 Å². The Morgan fingerprint density at radius 2 is 2.00 bits per heavy atom. The maximum absolute atomic E-state index is 13.8. The van der Waals surface area contributed by atoms with Crippen LogP contribution in [0.3, 0.4) is 0 Å². The van der Waals surface area contributed by atoms with Crippen molar-refractivity contribution in [3.63, 3.8) is 0 Å². The molecule has 0 spiro atoms. The zero-order valence-corrected chi connectivity index (χ0v) is 16.4. The number of benzene rings is 1. The monoisotopic (exact) mass is 378 g/mol. The molecule has 0 amide bonds. The fraction of sp³-hybridized carbons (Fsp3) is 0.667. The second kappa shape index (κ2) is 10.0. The zero-order valence-electron chi connectivity index (χ0n) is 16.4. The molecule has 2 saturated heterocycles. The van der Waals surface area contributed by atoms with Crippen LogP contribution in [0.25, 0.3) is 0 Å². The summed E-state index contributed by atoms with van der Waals surface area (Å²) in [5.74, 6) is 0.0482. The number of nitrogens with zero attached hydrogens (tertiary/aromatic N) is 3. The molecule has 1 aromatic rings. The Kier molecular flexibility index (Phi) is 7.44. The van der Waals surface area contributed by atoms with Crippen molar-refractivity contribution in [1.29, 1.82) is 0 Å². The van der Waals surface area contributed by atoms with Gasteiger partial charge >= 0.3 is 0 Å². The van der Waals surface area contributed by atoms with E-state index in [0.29, 0.717) is 24.4 Å². The minimum Gasteiger partial charge on any atom is -0.357 e. The number of rotatable bonds is 6. The number of nitrogens with one attached hydrogen (secondary N) is 1. The van der Waals surface area contributed by atoms with Crippen molar-refractivity contribution in [3.05, 3.63) is 35.4 Å². The van der Waals surface area contributed by atoms with Crippen LogP contribution in [-0.2, 0) is 6.42 Å². The van der Waals surface area contributed by atoms with Crippen molar-refractivity contribution in [1.82, 2.24) is 15.1 Å². The van der Waals surface area contributed by atoms with Crippen molar-refractivity contribution in [2.75, 3.05) is 45.8 Å². The van der Waals surface area contributed by atoms with Gasteiger partial charge in [0.2, 0.25) is 0 Å². The van der Waals surface area contributed by atoms with Gasteiger partial charge in [-0.1, -0.05) is 18.6 Å². The molecule has 2 aliphatic rings. The van der Waals surface area contributed by atoms with E-state index in [0.717, 1.165) is 31.7 Å². The van der Waals surface area contributed by atoms with Crippen LogP contribution in [0, 0.1) is 17.6 Å². The molecule has 0 saturated carbocycles. The Hall–Kier alpha value is -1.69. The van der Waals surface area contributed by atoms with Crippen molar-refractivity contribution in [2.24, 2.45) is 10.9 Å². The predicted molar refractivity (Wildman–Crippen MR) is 106 cm³/mol. The molecule has 2 aliphatic heterocycles. The maximum Gasteiger partial charge on any atom is 0.193 e. The number of piperidine rings is 1. The summed E-state index contributed by atoms with van der Waals surface area (Å²) in [5.41, 5.74) is 0.388. The third-order valence-corrected chi connectivity index (χ3v) is 5.56. The largest absolute Gasteiger partial charge is 0.357 e. The molecular weight excluding hydrogens is 346 g/mol. The van der Waals surface area contributed by atoms with Gasteiger partial charge in [0.25, 0.3) is 0 Å². The lowest BCUT2D eigenvalue weighted by atomic mass is 10.1. The predicted octanol–water partition coefficient (Wildman–Crippen LogP) is 3.28. The van der Waals surface area contributed by atoms with E-state index in [-0.39, 0.29) is 0 Å². The van der Waals surface area contributed by atoms with Crippen molar-refractivity contribution < 1.29 is 8.78 Å². The van der Waals surface area contributed by atoms with Crippen LogP contribution in [0.15, 0.2) is 23.2 Å². The highest BCUT2D eigenvalue weighted by atomic mass is 19.2. The Balaban J connectivity index is 1.53. The first-order valence-corrected chi connectivity index (χ1v) is 10.4. The van der Waals surface area contributed by atoms with Crippen molar-refractivity contribution >= 4 is 5.96 Å². The second-order valence-corrected chi connectivity index (χ2v) is 7.66. The molecule has 0 bridgehead atoms. The smallest absolute Gasteiger partial charge is 0.193 e. The molecule has 1 unspecified atom stereocenters. The average Bonchev–Trinajstić information content (AvgIpc) is 3.13. The molecule has 3 rings (SSSR count). The summed E-state index contributed by atoms with van der Waals surface area (Å²) in [6, 6.07) is 4.33. The zero-order chi connectivity index (χ0) is 19.1. The van der Waals surface area contributed by atoms with Gasteiger partial charge in [0.15, 0.2) is 17.6 Å². The number of hydrogen-bond donors (Lipinski definition) is 1. The lowest BCUT2D eigenvalue weighted by Crippen LogP contribution is -2.41. The fourth-order valence-electron chi connectivity index (χ4n) is 4.13. The molecule has 4 nitrogen and oxygen atoms in total. The number of aliphatic imine (C=N–C) groups is 1. The Bertz CT molecular complexity index is 629. The van der Waals surface area contributed by atoms with E-state index in [9.17, 15) is 8.78 Å². The molecular formula is C21H32F2N4. The standard InChI is InChI=1S/C21H32F2N4/c1-2-24-21(25-11-9-18-7-6-8-19(22)20(18)23)27-14-10-17(16-27)15-26-12-4-3-5-13-26/h6-8,17H,2-5,9-16H2,1H3,(H,24,25). The molecule has 0 radical (unpaired) electrons. The SMILES string of the molecule is CCNC(=NCCc1cccc(F)c1F)N1CCC(CN2CCCCC2)C1. The van der Waals surface area contributed by atoms with Gasteiger partial charge in [-0.3, -0.25) is 4.99 Å². The van der Waals surface area contributed by atoms with E-state index in [1.54, 1.807) is 12.1 Å². The molecule has 1 aromatic carbocycles. The molecule has 6 heteroatoms. The van der Waals surface area contributed by atoms with Gasteiger partial charge in [-0.2, -0.15) is 0 Å². The molecule has 0 aliphatic carbocycles. The van der Waals surface area contributed by atoms with Crippen molar-refractivity contribution in [2.45, 2.75) is 39.0 Å². The highest BCUT2D eigenvalue weighted by Gasteiger charge is 2.26. The van der Waals surface area contributed by atoms with Crippen molar-refractivity contribution in [3.8, 4) is 0 Å². The number of halogens is 2. The quantitative estimate of drug-likeness (QED) is 0.609. The average molecular weight is 379 g/mol. The van der Waals surface area contributed by atoms with Gasteiger partial charge < -0.3 is 15.1 Å². The maximum atomic E-state index is 13.8. The first-order chi connectivity index (χ1) is 13.2. The Morgan fingerprint density at radius 1 is 1.19 bits per heavy atom. The number of guanidine groups is 1. The van der Waals surface area contributed by atoms with E-state index in [4.69, 9.17) is 0 Å². The van der Waals surface area contributed by atoms with Gasteiger partial charge in [0, 0.05) is 32.7 Å². The number of likely N-dealkylation sites (tertiary alicyclic amines) is 2. The first-order valence-electron chi connectivity index (χ1n) is 10.4. The van der Waals surface area contributed by atoms with Crippen LogP contribution in [0.2, 0.25) is 0 Å².